The topological polar surface area (TPSA) is 86.2 Å². The molecule has 3 aromatic rings. The van der Waals surface area contributed by atoms with E-state index in [1.165, 1.54) is 36.5 Å². The molecule has 1 amide bonds. The van der Waals surface area contributed by atoms with Crippen molar-refractivity contribution in [3.05, 3.63) is 59.0 Å². The van der Waals surface area contributed by atoms with E-state index in [0.717, 1.165) is 0 Å². The minimum Gasteiger partial charge on any atom is -0.490 e. The highest BCUT2D eigenvalue weighted by Crippen LogP contribution is 2.31. The lowest BCUT2D eigenvalue weighted by molar-refractivity contribution is -0.147. The van der Waals surface area contributed by atoms with Gasteiger partial charge in [-0.05, 0) is 30.3 Å². The van der Waals surface area contributed by atoms with Crippen LogP contribution < -0.4 is 10.1 Å². The third-order valence-corrected chi connectivity index (χ3v) is 4.18. The molecule has 0 aliphatic rings. The molecule has 0 radical (unpaired) electrons. The van der Waals surface area contributed by atoms with Crippen molar-refractivity contribution in [1.82, 2.24) is 20.5 Å². The van der Waals surface area contributed by atoms with E-state index in [1.54, 1.807) is 13.2 Å². The highest BCUT2D eigenvalue weighted by molar-refractivity contribution is 6.29. The molecule has 29 heavy (non-hydrogen) atoms. The summed E-state index contributed by atoms with van der Waals surface area (Å²) in [6.45, 7) is 0.481. The van der Waals surface area contributed by atoms with Gasteiger partial charge in [-0.15, -0.1) is 5.10 Å². The molecule has 0 fully saturated rings. The van der Waals surface area contributed by atoms with Gasteiger partial charge in [-0.2, -0.15) is 13.9 Å². The molecule has 0 spiro atoms. The maximum Gasteiger partial charge on any atom is 0.349 e. The number of methoxy groups -OCH3 is 1. The van der Waals surface area contributed by atoms with Gasteiger partial charge in [0.15, 0.2) is 5.15 Å². The maximum atomic E-state index is 14.7. The van der Waals surface area contributed by atoms with Crippen molar-refractivity contribution in [3.8, 4) is 5.75 Å². The zero-order chi connectivity index (χ0) is 20.9. The molecule has 10 heteroatoms. The molecule has 3 rings (SSSR count). The van der Waals surface area contributed by atoms with Crippen molar-refractivity contribution < 1.29 is 23.0 Å². The van der Waals surface area contributed by atoms with Crippen molar-refractivity contribution in [2.45, 2.75) is 12.5 Å². The lowest BCUT2D eigenvalue weighted by atomic mass is 10.0. The molecule has 0 saturated carbocycles. The van der Waals surface area contributed by atoms with Crippen LogP contribution in [0.5, 0.6) is 5.75 Å². The zero-order valence-electron chi connectivity index (χ0n) is 15.4. The number of benzene rings is 1. The Labute approximate surface area is 170 Å². The molecule has 1 N–H and O–H groups in total. The number of nitrogens with zero attached hydrogens (tertiary/aromatic N) is 3. The fourth-order valence-corrected chi connectivity index (χ4v) is 2.58. The third-order valence-electron chi connectivity index (χ3n) is 3.98. The first-order valence-electron chi connectivity index (χ1n) is 8.56. The van der Waals surface area contributed by atoms with E-state index < -0.39 is 17.4 Å². The maximum absolute atomic E-state index is 14.7. The van der Waals surface area contributed by atoms with Crippen LogP contribution in [0.3, 0.4) is 0 Å². The molecule has 2 heterocycles. The second kappa shape index (κ2) is 9.06. The number of carbonyl (C=O) groups excluding carboxylic acids is 1. The van der Waals surface area contributed by atoms with E-state index in [-0.39, 0.29) is 11.7 Å². The second-order valence-electron chi connectivity index (χ2n) is 6.02. The number of alkyl halides is 2. The van der Waals surface area contributed by atoms with E-state index in [0.29, 0.717) is 35.6 Å². The van der Waals surface area contributed by atoms with Gasteiger partial charge in [-0.3, -0.25) is 9.78 Å². The molecule has 7 nitrogen and oxygen atoms in total. The molecule has 0 aliphatic heterocycles. The SMILES string of the molecule is COCCOc1cnc2ccc(C(F)(F)C(=O)NCc3ccc(Cl)nn3)cc2c1. The van der Waals surface area contributed by atoms with Crippen LogP contribution in [0, 0.1) is 0 Å². The summed E-state index contributed by atoms with van der Waals surface area (Å²) in [6.07, 6.45) is 1.50. The molecule has 0 unspecified atom stereocenters. The first-order chi connectivity index (χ1) is 13.9. The summed E-state index contributed by atoms with van der Waals surface area (Å²) in [5.74, 6) is -4.78. The lowest BCUT2D eigenvalue weighted by Gasteiger charge is -2.17. The van der Waals surface area contributed by atoms with Gasteiger partial charge in [0.2, 0.25) is 0 Å². The minimum atomic E-state index is -3.75. The van der Waals surface area contributed by atoms with E-state index in [2.05, 4.69) is 20.5 Å². The minimum absolute atomic E-state index is 0.167. The van der Waals surface area contributed by atoms with Gasteiger partial charge in [-0.25, -0.2) is 0 Å². The number of amides is 1. The van der Waals surface area contributed by atoms with Crippen LogP contribution in [0.15, 0.2) is 42.6 Å². The van der Waals surface area contributed by atoms with Crippen molar-refractivity contribution in [2.24, 2.45) is 0 Å². The lowest BCUT2D eigenvalue weighted by Crippen LogP contribution is -2.37. The third kappa shape index (κ3) is 5.12. The number of carbonyl (C=O) groups is 1. The Hall–Kier alpha value is -2.91. The van der Waals surface area contributed by atoms with Gasteiger partial charge in [0.25, 0.3) is 5.91 Å². The van der Waals surface area contributed by atoms with Crippen LogP contribution in [0.25, 0.3) is 10.9 Å². The monoisotopic (exact) mass is 422 g/mol. The zero-order valence-corrected chi connectivity index (χ0v) is 16.1. The predicted octanol–water partition coefficient (Wildman–Crippen LogP) is 3.11. The van der Waals surface area contributed by atoms with Crippen molar-refractivity contribution >= 4 is 28.4 Å². The van der Waals surface area contributed by atoms with Crippen molar-refractivity contribution in [1.29, 1.82) is 0 Å². The van der Waals surface area contributed by atoms with E-state index >= 15 is 0 Å². The average Bonchev–Trinajstić information content (AvgIpc) is 2.72. The summed E-state index contributed by atoms with van der Waals surface area (Å²) in [5, 5.41) is 10.1. The molecule has 0 aliphatic carbocycles. The molecule has 0 atom stereocenters. The summed E-state index contributed by atoms with van der Waals surface area (Å²) in [5.41, 5.74) is 0.347. The number of hydrogen-bond donors (Lipinski definition) is 1. The molecule has 0 bridgehead atoms. The van der Waals surface area contributed by atoms with Gasteiger partial charge in [0, 0.05) is 18.1 Å². The number of aromatic nitrogens is 3. The van der Waals surface area contributed by atoms with Crippen molar-refractivity contribution in [2.75, 3.05) is 20.3 Å². The molecule has 2 aromatic heterocycles. The Balaban J connectivity index is 1.75. The largest absolute Gasteiger partial charge is 0.490 e. The molecule has 1 aromatic carbocycles. The summed E-state index contributed by atoms with van der Waals surface area (Å²) in [6, 6.07) is 8.33. The van der Waals surface area contributed by atoms with Crippen LogP contribution >= 0.6 is 11.6 Å². The van der Waals surface area contributed by atoms with Gasteiger partial charge < -0.3 is 14.8 Å². The van der Waals surface area contributed by atoms with Gasteiger partial charge in [-0.1, -0.05) is 17.7 Å². The summed E-state index contributed by atoms with van der Waals surface area (Å²) < 4.78 is 39.7. The van der Waals surface area contributed by atoms with Crippen LogP contribution in [-0.4, -0.2) is 41.4 Å². The number of nitrogens with one attached hydrogen (secondary N) is 1. The fraction of sp³-hybridized carbons (Fsp3) is 0.263. The number of hydrogen-bond acceptors (Lipinski definition) is 6. The standard InChI is InChI=1S/C19H17ClF2N4O3/c1-28-6-7-29-15-9-12-8-13(2-4-16(12)23-11-15)19(21,22)18(27)24-10-14-3-5-17(20)26-25-14/h2-5,8-9,11H,6-7,10H2,1H3,(H,24,27). The molecular weight excluding hydrogens is 406 g/mol. The summed E-state index contributed by atoms with van der Waals surface area (Å²) in [7, 11) is 1.54. The number of ether oxygens (including phenoxy) is 2. The second-order valence-corrected chi connectivity index (χ2v) is 6.41. The Morgan fingerprint density at radius 1 is 1.17 bits per heavy atom. The summed E-state index contributed by atoms with van der Waals surface area (Å²) in [4.78, 5) is 16.3. The molecule has 0 saturated heterocycles. The van der Waals surface area contributed by atoms with E-state index in [9.17, 15) is 13.6 Å². The number of pyridine rings is 1. The number of halogens is 3. The smallest absolute Gasteiger partial charge is 0.349 e. The van der Waals surface area contributed by atoms with Gasteiger partial charge >= 0.3 is 5.92 Å². The van der Waals surface area contributed by atoms with E-state index in [1.807, 2.05) is 0 Å². The van der Waals surface area contributed by atoms with E-state index in [4.69, 9.17) is 21.1 Å². The highest BCUT2D eigenvalue weighted by Gasteiger charge is 2.40. The predicted molar refractivity (Wildman–Crippen MR) is 102 cm³/mol. The number of fused-ring (bicyclic) bond motifs is 1. The highest BCUT2D eigenvalue weighted by atomic mass is 35.5. The molecule has 152 valence electrons. The summed E-state index contributed by atoms with van der Waals surface area (Å²) >= 11 is 5.62. The van der Waals surface area contributed by atoms with Crippen LogP contribution in [0.1, 0.15) is 11.3 Å². The quantitative estimate of drug-likeness (QED) is 0.561. The molecular formula is C19H17ClF2N4O3. The first-order valence-corrected chi connectivity index (χ1v) is 8.94. The van der Waals surface area contributed by atoms with Crippen LogP contribution in [-0.2, 0) is 22.0 Å². The Morgan fingerprint density at radius 3 is 2.72 bits per heavy atom. The normalized spacial score (nSPS) is 11.4. The van der Waals surface area contributed by atoms with Crippen molar-refractivity contribution in [3.63, 3.8) is 0 Å². The Kier molecular flexibility index (Phi) is 6.50. The first kappa shape index (κ1) is 20.8. The van der Waals surface area contributed by atoms with Gasteiger partial charge in [0.1, 0.15) is 12.4 Å². The Bertz CT molecular complexity index is 1000. The average molecular weight is 423 g/mol. The fourth-order valence-electron chi connectivity index (χ4n) is 2.48. The van der Waals surface area contributed by atoms with Crippen LogP contribution in [0.2, 0.25) is 5.15 Å². The van der Waals surface area contributed by atoms with Gasteiger partial charge in [0.05, 0.1) is 30.6 Å². The number of rotatable bonds is 8. The Morgan fingerprint density at radius 2 is 2.00 bits per heavy atom. The van der Waals surface area contributed by atoms with Crippen LogP contribution in [0.4, 0.5) is 8.78 Å².